The van der Waals surface area contributed by atoms with E-state index in [2.05, 4.69) is 0 Å². The van der Waals surface area contributed by atoms with Crippen LogP contribution in [0.4, 0.5) is 0 Å². The molecule has 0 unspecified atom stereocenters. The maximum Gasteiger partial charge on any atom is 0.284 e. The minimum atomic E-state index is -3.97. The highest BCUT2D eigenvalue weighted by atomic mass is 32.2. The molecule has 136 valence electrons. The monoisotopic (exact) mass is 390 g/mol. The number of nitrogens with zero attached hydrogens (tertiary/aromatic N) is 2. The number of amides is 1. The van der Waals surface area contributed by atoms with E-state index in [4.69, 9.17) is 0 Å². The first-order valence-electron chi connectivity index (χ1n) is 8.10. The van der Waals surface area contributed by atoms with Crippen molar-refractivity contribution in [3.05, 3.63) is 53.5 Å². The summed E-state index contributed by atoms with van der Waals surface area (Å²) in [6.45, 7) is 3.18. The van der Waals surface area contributed by atoms with Crippen LogP contribution >= 0.6 is 11.3 Å². The van der Waals surface area contributed by atoms with Crippen LogP contribution in [0.15, 0.2) is 52.1 Å². The molecule has 2 heterocycles. The standard InChI is InChI=1S/C18H18N2O4S2/c1-3-10-19(26(23,24)17-9-6-11-25-17)18(22)16-12-14-7-4-5-8-15(14)20(16)13(2)21/h4-9,11-12H,3,10H2,1-2H3. The SMILES string of the molecule is CCCN(C(=O)c1cc2ccccc2n1C(C)=O)S(=O)(=O)c1cccs1. The number of para-hydroxylation sites is 1. The van der Waals surface area contributed by atoms with Crippen molar-refractivity contribution in [1.82, 2.24) is 8.87 Å². The molecule has 1 amide bonds. The quantitative estimate of drug-likeness (QED) is 0.667. The Balaban J connectivity index is 2.16. The molecule has 0 saturated carbocycles. The van der Waals surface area contributed by atoms with Crippen LogP contribution in [0.2, 0.25) is 0 Å². The van der Waals surface area contributed by atoms with E-state index in [9.17, 15) is 18.0 Å². The van der Waals surface area contributed by atoms with E-state index < -0.39 is 15.9 Å². The van der Waals surface area contributed by atoms with E-state index in [0.717, 1.165) is 15.6 Å². The van der Waals surface area contributed by atoms with Crippen molar-refractivity contribution < 1.29 is 18.0 Å². The van der Waals surface area contributed by atoms with E-state index >= 15 is 0 Å². The molecule has 0 N–H and O–H groups in total. The van der Waals surface area contributed by atoms with Crippen molar-refractivity contribution in [2.24, 2.45) is 0 Å². The lowest BCUT2D eigenvalue weighted by Gasteiger charge is -2.21. The lowest BCUT2D eigenvalue weighted by molar-refractivity contribution is 0.0828. The zero-order valence-corrected chi connectivity index (χ0v) is 16.0. The molecule has 3 aromatic rings. The van der Waals surface area contributed by atoms with Crippen molar-refractivity contribution in [2.75, 3.05) is 6.54 Å². The highest BCUT2D eigenvalue weighted by Gasteiger charge is 2.32. The van der Waals surface area contributed by atoms with Crippen LogP contribution < -0.4 is 0 Å². The summed E-state index contributed by atoms with van der Waals surface area (Å²) in [6, 6.07) is 11.7. The summed E-state index contributed by atoms with van der Waals surface area (Å²) in [5.74, 6) is -1.05. The van der Waals surface area contributed by atoms with E-state index in [0.29, 0.717) is 17.3 Å². The molecule has 0 aliphatic heterocycles. The smallest absolute Gasteiger partial charge is 0.275 e. The predicted octanol–water partition coefficient (Wildman–Crippen LogP) is 3.60. The largest absolute Gasteiger partial charge is 0.284 e. The first kappa shape index (κ1) is 18.3. The molecule has 0 radical (unpaired) electrons. The summed E-state index contributed by atoms with van der Waals surface area (Å²) >= 11 is 1.06. The fourth-order valence-corrected chi connectivity index (χ4v) is 5.41. The van der Waals surface area contributed by atoms with Crippen molar-refractivity contribution >= 4 is 44.1 Å². The van der Waals surface area contributed by atoms with Gasteiger partial charge in [-0.1, -0.05) is 31.2 Å². The van der Waals surface area contributed by atoms with Crippen LogP contribution in [0.5, 0.6) is 0 Å². The minimum absolute atomic E-state index is 0.0402. The second kappa shape index (κ2) is 7.05. The number of sulfonamides is 1. The van der Waals surface area contributed by atoms with Gasteiger partial charge in [0.05, 0.1) is 5.52 Å². The zero-order valence-electron chi connectivity index (χ0n) is 14.4. The summed E-state index contributed by atoms with van der Waals surface area (Å²) in [6.07, 6.45) is 0.469. The van der Waals surface area contributed by atoms with Crippen LogP contribution in [0, 0.1) is 0 Å². The number of carbonyl (C=O) groups is 2. The van der Waals surface area contributed by atoms with Crippen LogP contribution in [-0.4, -0.2) is 35.6 Å². The molecule has 0 aliphatic rings. The number of carbonyl (C=O) groups excluding carboxylic acids is 2. The van der Waals surface area contributed by atoms with Gasteiger partial charge in [0.15, 0.2) is 0 Å². The Kier molecular flexibility index (Phi) is 4.97. The van der Waals surface area contributed by atoms with E-state index in [-0.39, 0.29) is 22.4 Å². The zero-order chi connectivity index (χ0) is 18.9. The van der Waals surface area contributed by atoms with E-state index in [1.807, 2.05) is 0 Å². The molecule has 6 nitrogen and oxygen atoms in total. The van der Waals surface area contributed by atoms with Crippen molar-refractivity contribution in [3.63, 3.8) is 0 Å². The molecule has 1 aromatic carbocycles. The Bertz CT molecular complexity index is 1070. The summed E-state index contributed by atoms with van der Waals surface area (Å²) in [5.41, 5.74) is 0.626. The fraction of sp³-hybridized carbons (Fsp3) is 0.222. The Labute approximate surface area is 155 Å². The summed E-state index contributed by atoms with van der Waals surface area (Å²) in [7, 11) is -3.97. The maximum atomic E-state index is 13.1. The Hall–Kier alpha value is -2.45. The fourth-order valence-electron chi connectivity index (χ4n) is 2.83. The maximum absolute atomic E-state index is 13.1. The Morgan fingerprint density at radius 1 is 1.15 bits per heavy atom. The molecule has 0 saturated heterocycles. The van der Waals surface area contributed by atoms with Gasteiger partial charge < -0.3 is 0 Å². The van der Waals surface area contributed by atoms with Crippen molar-refractivity contribution in [2.45, 2.75) is 24.5 Å². The van der Waals surface area contributed by atoms with Gasteiger partial charge in [-0.15, -0.1) is 11.3 Å². The highest BCUT2D eigenvalue weighted by Crippen LogP contribution is 2.26. The van der Waals surface area contributed by atoms with Crippen molar-refractivity contribution in [3.8, 4) is 0 Å². The number of hydrogen-bond acceptors (Lipinski definition) is 5. The van der Waals surface area contributed by atoms with Crippen LogP contribution in [0.1, 0.15) is 35.6 Å². The average Bonchev–Trinajstić information content (AvgIpc) is 3.26. The molecule has 2 aromatic heterocycles. The van der Waals surface area contributed by atoms with Gasteiger partial charge in [0, 0.05) is 18.9 Å². The van der Waals surface area contributed by atoms with Gasteiger partial charge in [-0.25, -0.2) is 12.7 Å². The van der Waals surface area contributed by atoms with Gasteiger partial charge in [0.2, 0.25) is 5.91 Å². The normalized spacial score (nSPS) is 11.6. The summed E-state index contributed by atoms with van der Waals surface area (Å²) in [5, 5.41) is 2.35. The molecule has 0 atom stereocenters. The van der Waals surface area contributed by atoms with Crippen LogP contribution in [-0.2, 0) is 10.0 Å². The van der Waals surface area contributed by atoms with Gasteiger partial charge in [-0.3, -0.25) is 14.2 Å². The molecule has 0 spiro atoms. The lowest BCUT2D eigenvalue weighted by Crippen LogP contribution is -2.38. The number of thiophene rings is 1. The molecular formula is C18H18N2O4S2. The molecule has 3 rings (SSSR count). The topological polar surface area (TPSA) is 76.5 Å². The van der Waals surface area contributed by atoms with Crippen LogP contribution in [0.25, 0.3) is 10.9 Å². The number of rotatable bonds is 5. The second-order valence-electron chi connectivity index (χ2n) is 5.76. The van der Waals surface area contributed by atoms with Crippen LogP contribution in [0.3, 0.4) is 0 Å². The molecule has 8 heteroatoms. The highest BCUT2D eigenvalue weighted by molar-refractivity contribution is 7.91. The molecule has 26 heavy (non-hydrogen) atoms. The molecule has 0 aliphatic carbocycles. The number of aromatic nitrogens is 1. The molecule has 0 fully saturated rings. The Morgan fingerprint density at radius 3 is 2.50 bits per heavy atom. The summed E-state index contributed by atoms with van der Waals surface area (Å²) < 4.78 is 28.1. The minimum Gasteiger partial charge on any atom is -0.275 e. The van der Waals surface area contributed by atoms with Gasteiger partial charge >= 0.3 is 0 Å². The van der Waals surface area contributed by atoms with E-state index in [1.54, 1.807) is 48.7 Å². The average molecular weight is 390 g/mol. The molecule has 0 bridgehead atoms. The molecular weight excluding hydrogens is 372 g/mol. The Morgan fingerprint density at radius 2 is 1.88 bits per heavy atom. The second-order valence-corrected chi connectivity index (χ2v) is 8.79. The van der Waals surface area contributed by atoms with E-state index in [1.165, 1.54) is 17.6 Å². The third kappa shape index (κ3) is 3.06. The van der Waals surface area contributed by atoms with Gasteiger partial charge in [0.1, 0.15) is 9.90 Å². The summed E-state index contributed by atoms with van der Waals surface area (Å²) in [4.78, 5) is 25.3. The first-order valence-corrected chi connectivity index (χ1v) is 10.4. The number of benzene rings is 1. The third-order valence-corrected chi connectivity index (χ3v) is 7.09. The van der Waals surface area contributed by atoms with Gasteiger partial charge in [-0.2, -0.15) is 0 Å². The van der Waals surface area contributed by atoms with Gasteiger partial charge in [0.25, 0.3) is 15.9 Å². The predicted molar refractivity (Wildman–Crippen MR) is 101 cm³/mol. The number of fused-ring (bicyclic) bond motifs is 1. The van der Waals surface area contributed by atoms with Crippen molar-refractivity contribution in [1.29, 1.82) is 0 Å². The van der Waals surface area contributed by atoms with Gasteiger partial charge in [-0.05, 0) is 30.0 Å². The number of hydrogen-bond donors (Lipinski definition) is 0. The third-order valence-electron chi connectivity index (χ3n) is 3.94. The first-order chi connectivity index (χ1) is 12.4. The lowest BCUT2D eigenvalue weighted by atomic mass is 10.2.